The number of halogens is 6. The summed E-state index contributed by atoms with van der Waals surface area (Å²) < 4.78 is 84.9. The second kappa shape index (κ2) is 9.91. The average molecular weight is 521 g/mol. The Hall–Kier alpha value is -3.82. The Balaban J connectivity index is 1.48. The fraction of sp³-hybridized carbons (Fsp3) is 0.259. The van der Waals surface area contributed by atoms with Crippen LogP contribution < -0.4 is 10.5 Å². The van der Waals surface area contributed by atoms with Gasteiger partial charge in [-0.2, -0.15) is 26.3 Å². The molecule has 0 radical (unpaired) electrons. The lowest BCUT2D eigenvalue weighted by atomic mass is 9.79. The van der Waals surface area contributed by atoms with Crippen molar-refractivity contribution < 1.29 is 40.7 Å². The molecular weight excluding hydrogens is 500 g/mol. The second-order valence-electron chi connectivity index (χ2n) is 8.89. The van der Waals surface area contributed by atoms with Gasteiger partial charge in [-0.15, -0.1) is 0 Å². The first-order valence-corrected chi connectivity index (χ1v) is 11.3. The first-order chi connectivity index (χ1) is 17.3. The van der Waals surface area contributed by atoms with E-state index in [9.17, 15) is 35.9 Å². The number of ketones is 1. The lowest BCUT2D eigenvalue weighted by Crippen LogP contribution is -2.25. The van der Waals surface area contributed by atoms with Crippen molar-refractivity contribution in [2.75, 3.05) is 0 Å². The lowest BCUT2D eigenvalue weighted by molar-refractivity contribution is -0.143. The van der Waals surface area contributed by atoms with Crippen LogP contribution >= 0.6 is 0 Å². The molecule has 1 aliphatic carbocycles. The smallest absolute Gasteiger partial charge is 0.416 e. The van der Waals surface area contributed by atoms with Crippen LogP contribution in [0.1, 0.15) is 55.0 Å². The molecule has 3 aromatic carbocycles. The number of fused-ring (bicyclic) bond motifs is 1. The standard InChI is InChI=1S/C27H21F6NO3/c28-26(29,30)20-10-16(11-21(13-20)27(31,32)33)9-19-6-5-18-12-22(7-8-23(18)24(19)35)37-14-15-1-3-17(4-2-15)25(34)36/h1-4,7-8,10-13,19H,5-6,9,14H2,(H2,34,36). The van der Waals surface area contributed by atoms with Crippen LogP contribution in [-0.4, -0.2) is 11.7 Å². The first-order valence-electron chi connectivity index (χ1n) is 11.3. The van der Waals surface area contributed by atoms with Gasteiger partial charge in [-0.05, 0) is 84.5 Å². The van der Waals surface area contributed by atoms with Gasteiger partial charge in [0.1, 0.15) is 12.4 Å². The predicted octanol–water partition coefficient (Wildman–Crippen LogP) is 6.39. The van der Waals surface area contributed by atoms with Gasteiger partial charge >= 0.3 is 12.4 Å². The minimum absolute atomic E-state index is 0.0785. The molecule has 194 valence electrons. The third-order valence-corrected chi connectivity index (χ3v) is 6.25. The molecule has 0 aliphatic heterocycles. The Morgan fingerprint density at radius 3 is 2.05 bits per heavy atom. The van der Waals surface area contributed by atoms with Crippen LogP contribution in [-0.2, 0) is 31.8 Å². The highest BCUT2D eigenvalue weighted by atomic mass is 19.4. The highest BCUT2D eigenvalue weighted by molar-refractivity contribution is 6.00. The number of nitrogens with two attached hydrogens (primary N) is 1. The summed E-state index contributed by atoms with van der Waals surface area (Å²) >= 11 is 0. The summed E-state index contributed by atoms with van der Waals surface area (Å²) in [6.45, 7) is 0.200. The molecule has 4 nitrogen and oxygen atoms in total. The number of hydrogen-bond acceptors (Lipinski definition) is 3. The van der Waals surface area contributed by atoms with Crippen molar-refractivity contribution in [2.45, 2.75) is 38.2 Å². The highest BCUT2D eigenvalue weighted by Crippen LogP contribution is 2.38. The number of carbonyl (C=O) groups excluding carboxylic acids is 2. The molecule has 1 aliphatic rings. The maximum Gasteiger partial charge on any atom is 0.416 e. The summed E-state index contributed by atoms with van der Waals surface area (Å²) in [5, 5.41) is 0. The minimum atomic E-state index is -4.94. The third kappa shape index (κ3) is 6.12. The molecule has 1 amide bonds. The van der Waals surface area contributed by atoms with Gasteiger partial charge in [-0.25, -0.2) is 0 Å². The monoisotopic (exact) mass is 521 g/mol. The quantitative estimate of drug-likeness (QED) is 0.382. The van der Waals surface area contributed by atoms with E-state index in [1.165, 1.54) is 0 Å². The Bertz CT molecular complexity index is 1300. The number of rotatable bonds is 6. The van der Waals surface area contributed by atoms with Crippen molar-refractivity contribution in [2.24, 2.45) is 11.7 Å². The van der Waals surface area contributed by atoms with Gasteiger partial charge in [0.15, 0.2) is 5.78 Å². The van der Waals surface area contributed by atoms with Crippen LogP contribution in [0.15, 0.2) is 60.7 Å². The van der Waals surface area contributed by atoms with Gasteiger partial charge in [0.25, 0.3) is 0 Å². The molecule has 37 heavy (non-hydrogen) atoms. The van der Waals surface area contributed by atoms with E-state index >= 15 is 0 Å². The molecule has 10 heteroatoms. The number of hydrogen-bond donors (Lipinski definition) is 1. The van der Waals surface area contributed by atoms with Gasteiger partial charge < -0.3 is 10.5 Å². The zero-order chi connectivity index (χ0) is 27.0. The minimum Gasteiger partial charge on any atom is -0.489 e. The highest BCUT2D eigenvalue weighted by Gasteiger charge is 2.37. The van der Waals surface area contributed by atoms with E-state index in [0.29, 0.717) is 41.0 Å². The largest absolute Gasteiger partial charge is 0.489 e. The summed E-state index contributed by atoms with van der Waals surface area (Å²) in [4.78, 5) is 24.2. The molecule has 0 heterocycles. The van der Waals surface area contributed by atoms with E-state index in [4.69, 9.17) is 10.5 Å². The number of benzene rings is 3. The molecule has 0 spiro atoms. The fourth-order valence-corrected chi connectivity index (χ4v) is 4.34. The first kappa shape index (κ1) is 26.2. The molecule has 0 aromatic heterocycles. The SMILES string of the molecule is NC(=O)c1ccc(COc2ccc3c(c2)CCC(Cc2cc(C(F)(F)F)cc(C(F)(F)F)c2)C3=O)cc1. The number of amides is 1. The summed E-state index contributed by atoms with van der Waals surface area (Å²) in [5.74, 6) is -1.12. The Labute approximate surface area is 208 Å². The Morgan fingerprint density at radius 1 is 0.865 bits per heavy atom. The van der Waals surface area contributed by atoms with Gasteiger partial charge in [0.2, 0.25) is 5.91 Å². The fourth-order valence-electron chi connectivity index (χ4n) is 4.34. The molecule has 0 bridgehead atoms. The zero-order valence-corrected chi connectivity index (χ0v) is 19.2. The van der Waals surface area contributed by atoms with Gasteiger partial charge in [0, 0.05) is 17.0 Å². The predicted molar refractivity (Wildman–Crippen MR) is 122 cm³/mol. The van der Waals surface area contributed by atoms with E-state index < -0.39 is 35.3 Å². The molecule has 4 rings (SSSR count). The van der Waals surface area contributed by atoms with Crippen LogP contribution in [0.2, 0.25) is 0 Å². The third-order valence-electron chi connectivity index (χ3n) is 6.25. The zero-order valence-electron chi connectivity index (χ0n) is 19.2. The molecule has 0 fully saturated rings. The van der Waals surface area contributed by atoms with Crippen LogP contribution in [0.4, 0.5) is 26.3 Å². The van der Waals surface area contributed by atoms with Crippen LogP contribution in [0, 0.1) is 5.92 Å². The van der Waals surface area contributed by atoms with E-state index in [0.717, 1.165) is 5.56 Å². The summed E-state index contributed by atoms with van der Waals surface area (Å²) in [5.41, 5.74) is 4.46. The number of carbonyl (C=O) groups is 2. The van der Waals surface area contributed by atoms with Gasteiger partial charge in [-0.3, -0.25) is 9.59 Å². The molecule has 2 N–H and O–H groups in total. The van der Waals surface area contributed by atoms with Crippen molar-refractivity contribution in [3.05, 3.63) is 99.6 Å². The maximum atomic E-state index is 13.2. The number of Topliss-reactive ketones (excluding diaryl/α,β-unsaturated/α-hetero) is 1. The van der Waals surface area contributed by atoms with Crippen molar-refractivity contribution in [3.63, 3.8) is 0 Å². The normalized spacial score (nSPS) is 15.8. The summed E-state index contributed by atoms with van der Waals surface area (Å²) in [7, 11) is 0. The van der Waals surface area contributed by atoms with Crippen molar-refractivity contribution >= 4 is 11.7 Å². The van der Waals surface area contributed by atoms with Crippen molar-refractivity contribution in [1.29, 1.82) is 0 Å². The number of primary amides is 1. The van der Waals surface area contributed by atoms with Crippen molar-refractivity contribution in [3.8, 4) is 5.75 Å². The molecule has 1 unspecified atom stereocenters. The average Bonchev–Trinajstić information content (AvgIpc) is 2.83. The number of ether oxygens (including phenoxy) is 1. The summed E-state index contributed by atoms with van der Waals surface area (Å²) in [6, 6.07) is 12.8. The van der Waals surface area contributed by atoms with Gasteiger partial charge in [0.05, 0.1) is 11.1 Å². The Morgan fingerprint density at radius 2 is 1.49 bits per heavy atom. The number of alkyl halides is 6. The van der Waals surface area contributed by atoms with E-state index in [-0.39, 0.29) is 36.9 Å². The molecule has 0 saturated heterocycles. The Kier molecular flexibility index (Phi) is 7.03. The van der Waals surface area contributed by atoms with Crippen molar-refractivity contribution in [1.82, 2.24) is 0 Å². The molecule has 1 atom stereocenters. The van der Waals surface area contributed by atoms with E-state index in [1.807, 2.05) is 0 Å². The summed E-state index contributed by atoms with van der Waals surface area (Å²) in [6.07, 6.45) is -9.42. The maximum absolute atomic E-state index is 13.2. The van der Waals surface area contributed by atoms with Crippen LogP contribution in [0.3, 0.4) is 0 Å². The molecular formula is C27H21F6NO3. The molecule has 3 aromatic rings. The lowest BCUT2D eigenvalue weighted by Gasteiger charge is -2.24. The van der Waals surface area contributed by atoms with E-state index in [2.05, 4.69) is 0 Å². The number of aryl methyl sites for hydroxylation is 1. The van der Waals surface area contributed by atoms with Crippen LogP contribution in [0.25, 0.3) is 0 Å². The van der Waals surface area contributed by atoms with Crippen LogP contribution in [0.5, 0.6) is 5.75 Å². The second-order valence-corrected chi connectivity index (χ2v) is 8.89. The van der Waals surface area contributed by atoms with Gasteiger partial charge in [-0.1, -0.05) is 12.1 Å². The topological polar surface area (TPSA) is 69.4 Å². The van der Waals surface area contributed by atoms with E-state index in [1.54, 1.807) is 42.5 Å². The molecule has 0 saturated carbocycles.